The summed E-state index contributed by atoms with van der Waals surface area (Å²) in [6.45, 7) is 2.50. The highest BCUT2D eigenvalue weighted by molar-refractivity contribution is 6.21. The van der Waals surface area contributed by atoms with Crippen LogP contribution in [0.2, 0.25) is 0 Å². The van der Waals surface area contributed by atoms with E-state index in [1.54, 1.807) is 7.11 Å². The first kappa shape index (κ1) is 13.6. The zero-order valence-corrected chi connectivity index (χ0v) is 11.7. The maximum absolute atomic E-state index is 6.34. The first-order valence-corrected chi connectivity index (χ1v) is 6.44. The molecule has 1 heterocycles. The molecule has 0 bridgehead atoms. The summed E-state index contributed by atoms with van der Waals surface area (Å²) in [5.41, 5.74) is 1.96. The van der Waals surface area contributed by atoms with Crippen molar-refractivity contribution >= 4 is 17.4 Å². The van der Waals surface area contributed by atoms with Crippen LogP contribution in [-0.4, -0.2) is 23.6 Å². The Morgan fingerprint density at radius 2 is 2.00 bits per heavy atom. The third kappa shape index (κ3) is 3.35. The summed E-state index contributed by atoms with van der Waals surface area (Å²) in [5, 5.41) is 3.11. The van der Waals surface area contributed by atoms with Crippen LogP contribution in [0, 0.1) is 6.92 Å². The number of rotatable bonds is 5. The first-order chi connectivity index (χ1) is 9.22. The quantitative estimate of drug-likeness (QED) is 0.853. The van der Waals surface area contributed by atoms with E-state index < -0.39 is 0 Å². The van der Waals surface area contributed by atoms with E-state index in [-0.39, 0.29) is 5.38 Å². The molecule has 0 amide bonds. The average molecular weight is 278 g/mol. The van der Waals surface area contributed by atoms with Crippen molar-refractivity contribution in [3.63, 3.8) is 0 Å². The fourth-order valence-corrected chi connectivity index (χ4v) is 2.01. The van der Waals surface area contributed by atoms with Gasteiger partial charge in [-0.25, -0.2) is 9.97 Å². The molecule has 1 atom stereocenters. The zero-order valence-electron chi connectivity index (χ0n) is 10.9. The van der Waals surface area contributed by atoms with Crippen LogP contribution in [0.25, 0.3) is 0 Å². The van der Waals surface area contributed by atoms with Crippen LogP contribution < -0.4 is 10.1 Å². The fraction of sp³-hybridized carbons (Fsp3) is 0.286. The number of anilines is 1. The lowest BCUT2D eigenvalue weighted by Gasteiger charge is -2.14. The molecule has 0 saturated heterocycles. The average Bonchev–Trinajstić information content (AvgIpc) is 2.47. The van der Waals surface area contributed by atoms with Crippen molar-refractivity contribution in [3.8, 4) is 5.88 Å². The summed E-state index contributed by atoms with van der Waals surface area (Å²) < 4.78 is 5.15. The molecule has 0 spiro atoms. The van der Waals surface area contributed by atoms with Crippen molar-refractivity contribution < 1.29 is 4.74 Å². The van der Waals surface area contributed by atoms with E-state index in [1.165, 1.54) is 6.33 Å². The molecular weight excluding hydrogens is 262 g/mol. The number of ether oxygens (including phenoxy) is 1. The van der Waals surface area contributed by atoms with Gasteiger partial charge >= 0.3 is 0 Å². The van der Waals surface area contributed by atoms with E-state index in [0.717, 1.165) is 16.9 Å². The zero-order chi connectivity index (χ0) is 13.7. The van der Waals surface area contributed by atoms with Crippen molar-refractivity contribution in [2.45, 2.75) is 12.3 Å². The topological polar surface area (TPSA) is 47.0 Å². The summed E-state index contributed by atoms with van der Waals surface area (Å²) in [4.78, 5) is 8.23. The molecule has 2 aromatic rings. The third-order valence-corrected chi connectivity index (χ3v) is 3.25. The number of nitrogens with one attached hydrogen (secondary N) is 1. The highest BCUT2D eigenvalue weighted by Gasteiger charge is 2.10. The smallest absolute Gasteiger partial charge is 0.221 e. The second-order valence-electron chi connectivity index (χ2n) is 4.12. The molecular formula is C14H16ClN3O. The summed E-state index contributed by atoms with van der Waals surface area (Å²) in [6.07, 6.45) is 1.47. The molecule has 4 nitrogen and oxygen atoms in total. The molecule has 100 valence electrons. The Bertz CT molecular complexity index is 533. The molecule has 1 aromatic carbocycles. The number of hydrogen-bond acceptors (Lipinski definition) is 4. The lowest BCUT2D eigenvalue weighted by Crippen LogP contribution is -2.11. The Labute approximate surface area is 117 Å². The minimum Gasteiger partial charge on any atom is -0.481 e. The van der Waals surface area contributed by atoms with E-state index in [9.17, 15) is 0 Å². The number of halogens is 1. The van der Waals surface area contributed by atoms with Gasteiger partial charge in [-0.1, -0.05) is 30.3 Å². The van der Waals surface area contributed by atoms with Gasteiger partial charge in [-0.15, -0.1) is 11.6 Å². The summed E-state index contributed by atoms with van der Waals surface area (Å²) in [6, 6.07) is 9.94. The van der Waals surface area contributed by atoms with Crippen molar-refractivity contribution in [3.05, 3.63) is 47.8 Å². The van der Waals surface area contributed by atoms with Gasteiger partial charge in [-0.05, 0) is 12.5 Å². The molecule has 0 aliphatic rings. The minimum atomic E-state index is -0.110. The minimum absolute atomic E-state index is 0.110. The molecule has 0 saturated carbocycles. The van der Waals surface area contributed by atoms with Crippen molar-refractivity contribution in [1.29, 1.82) is 0 Å². The summed E-state index contributed by atoms with van der Waals surface area (Å²) in [7, 11) is 1.59. The number of methoxy groups -OCH3 is 1. The highest BCUT2D eigenvalue weighted by Crippen LogP contribution is 2.23. The number of alkyl halides is 1. The molecule has 2 rings (SSSR count). The lowest BCUT2D eigenvalue weighted by molar-refractivity contribution is 0.393. The second kappa shape index (κ2) is 6.38. The van der Waals surface area contributed by atoms with Gasteiger partial charge in [0.2, 0.25) is 5.88 Å². The Morgan fingerprint density at radius 3 is 2.68 bits per heavy atom. The van der Waals surface area contributed by atoms with Crippen LogP contribution in [0.4, 0.5) is 5.82 Å². The number of aromatic nitrogens is 2. The molecule has 5 heteroatoms. The van der Waals surface area contributed by atoms with Gasteiger partial charge in [0, 0.05) is 6.54 Å². The van der Waals surface area contributed by atoms with Gasteiger partial charge in [0.25, 0.3) is 0 Å². The first-order valence-electron chi connectivity index (χ1n) is 6.01. The van der Waals surface area contributed by atoms with Gasteiger partial charge in [-0.3, -0.25) is 0 Å². The predicted octanol–water partition coefficient (Wildman–Crippen LogP) is 3.19. The number of hydrogen-bond donors (Lipinski definition) is 1. The van der Waals surface area contributed by atoms with Crippen LogP contribution in [-0.2, 0) is 0 Å². The molecule has 19 heavy (non-hydrogen) atoms. The molecule has 1 N–H and O–H groups in total. The largest absolute Gasteiger partial charge is 0.481 e. The van der Waals surface area contributed by atoms with Crippen molar-refractivity contribution in [2.24, 2.45) is 0 Å². The normalized spacial score (nSPS) is 11.9. The van der Waals surface area contributed by atoms with Gasteiger partial charge in [0.05, 0.1) is 18.1 Å². The lowest BCUT2D eigenvalue weighted by atomic mass is 10.1. The van der Waals surface area contributed by atoms with Crippen molar-refractivity contribution in [2.75, 3.05) is 19.0 Å². The highest BCUT2D eigenvalue weighted by atomic mass is 35.5. The number of benzene rings is 1. The third-order valence-electron chi connectivity index (χ3n) is 2.84. The molecule has 0 radical (unpaired) electrons. The standard InChI is InChI=1S/C14H16ClN3O/c1-10-13(17-9-18-14(10)19-2)16-8-12(15)11-6-4-3-5-7-11/h3-7,9,12H,8H2,1-2H3,(H,16,17,18). The van der Waals surface area contributed by atoms with Gasteiger partial charge < -0.3 is 10.1 Å². The maximum atomic E-state index is 6.34. The van der Waals surface area contributed by atoms with Gasteiger partial charge in [0.1, 0.15) is 12.1 Å². The second-order valence-corrected chi connectivity index (χ2v) is 4.64. The van der Waals surface area contributed by atoms with E-state index >= 15 is 0 Å². The van der Waals surface area contributed by atoms with E-state index in [4.69, 9.17) is 16.3 Å². The fourth-order valence-electron chi connectivity index (χ4n) is 1.78. The molecule has 0 fully saturated rings. The van der Waals surface area contributed by atoms with Crippen LogP contribution >= 0.6 is 11.6 Å². The van der Waals surface area contributed by atoms with Crippen LogP contribution in [0.1, 0.15) is 16.5 Å². The van der Waals surface area contributed by atoms with Crippen molar-refractivity contribution in [1.82, 2.24) is 9.97 Å². The summed E-state index contributed by atoms with van der Waals surface area (Å²) in [5.74, 6) is 1.32. The Hall–Kier alpha value is -1.81. The van der Waals surface area contributed by atoms with Crippen LogP contribution in [0.3, 0.4) is 0 Å². The Kier molecular flexibility index (Phi) is 4.58. The Morgan fingerprint density at radius 1 is 1.26 bits per heavy atom. The molecule has 1 unspecified atom stereocenters. The molecule has 1 aromatic heterocycles. The molecule has 0 aliphatic carbocycles. The van der Waals surface area contributed by atoms with E-state index in [1.807, 2.05) is 37.3 Å². The Balaban J connectivity index is 2.03. The van der Waals surface area contributed by atoms with E-state index in [2.05, 4.69) is 15.3 Å². The predicted molar refractivity (Wildman–Crippen MR) is 76.8 cm³/mol. The molecule has 0 aliphatic heterocycles. The van der Waals surface area contributed by atoms with Crippen LogP contribution in [0.5, 0.6) is 5.88 Å². The van der Waals surface area contributed by atoms with E-state index in [0.29, 0.717) is 12.4 Å². The maximum Gasteiger partial charge on any atom is 0.221 e. The van der Waals surface area contributed by atoms with Crippen LogP contribution in [0.15, 0.2) is 36.7 Å². The SMILES string of the molecule is COc1ncnc(NCC(Cl)c2ccccc2)c1C. The van der Waals surface area contributed by atoms with Gasteiger partial charge in [0.15, 0.2) is 0 Å². The van der Waals surface area contributed by atoms with Gasteiger partial charge in [-0.2, -0.15) is 0 Å². The monoisotopic (exact) mass is 277 g/mol. The number of nitrogens with zero attached hydrogens (tertiary/aromatic N) is 2. The summed E-state index contributed by atoms with van der Waals surface area (Å²) >= 11 is 6.34.